The highest BCUT2D eigenvalue weighted by Gasteiger charge is 2.14. The number of hydrogen-bond donors (Lipinski definition) is 1. The van der Waals surface area contributed by atoms with Crippen LogP contribution in [0, 0.1) is 0 Å². The third-order valence-corrected chi connectivity index (χ3v) is 3.06. The maximum Gasteiger partial charge on any atom is 0.229 e. The van der Waals surface area contributed by atoms with E-state index in [0.717, 1.165) is 18.4 Å². The summed E-state index contributed by atoms with van der Waals surface area (Å²) in [6.45, 7) is 2.75. The lowest BCUT2D eigenvalue weighted by Crippen LogP contribution is -2.02. The second-order valence-electron chi connectivity index (χ2n) is 4.30. The SMILES string of the molecule is CC(CCCN)c1nc(-c2ccc(Cl)cc2)no1. The Morgan fingerprint density at radius 1 is 1.33 bits per heavy atom. The van der Waals surface area contributed by atoms with E-state index in [4.69, 9.17) is 21.9 Å². The standard InChI is InChI=1S/C13H16ClN3O/c1-9(3-2-8-15)13-16-12(17-18-13)10-4-6-11(14)7-5-10/h4-7,9H,2-3,8,15H2,1H3. The van der Waals surface area contributed by atoms with Gasteiger partial charge in [0.15, 0.2) is 0 Å². The first-order valence-corrected chi connectivity index (χ1v) is 6.38. The van der Waals surface area contributed by atoms with Crippen LogP contribution in [-0.4, -0.2) is 16.7 Å². The third-order valence-electron chi connectivity index (χ3n) is 2.81. The summed E-state index contributed by atoms with van der Waals surface area (Å²) < 4.78 is 5.27. The van der Waals surface area contributed by atoms with Crippen LogP contribution in [0.4, 0.5) is 0 Å². The molecule has 2 N–H and O–H groups in total. The summed E-state index contributed by atoms with van der Waals surface area (Å²) in [4.78, 5) is 4.40. The highest BCUT2D eigenvalue weighted by Crippen LogP contribution is 2.23. The van der Waals surface area contributed by atoms with Crippen molar-refractivity contribution in [3.8, 4) is 11.4 Å². The molecule has 0 aliphatic heterocycles. The van der Waals surface area contributed by atoms with Crippen molar-refractivity contribution >= 4 is 11.6 Å². The Balaban J connectivity index is 2.12. The van der Waals surface area contributed by atoms with Gasteiger partial charge in [-0.1, -0.05) is 23.7 Å². The van der Waals surface area contributed by atoms with Gasteiger partial charge >= 0.3 is 0 Å². The molecule has 4 nitrogen and oxygen atoms in total. The number of benzene rings is 1. The number of aromatic nitrogens is 2. The number of nitrogens with zero attached hydrogens (tertiary/aromatic N) is 2. The third kappa shape index (κ3) is 3.09. The lowest BCUT2D eigenvalue weighted by Gasteiger charge is -2.03. The van der Waals surface area contributed by atoms with Crippen LogP contribution in [0.2, 0.25) is 5.02 Å². The molecule has 96 valence electrons. The van der Waals surface area contributed by atoms with E-state index in [-0.39, 0.29) is 5.92 Å². The maximum absolute atomic E-state index is 5.84. The molecule has 0 radical (unpaired) electrons. The molecule has 0 aliphatic carbocycles. The van der Waals surface area contributed by atoms with E-state index in [2.05, 4.69) is 17.1 Å². The van der Waals surface area contributed by atoms with Gasteiger partial charge in [0.1, 0.15) is 0 Å². The topological polar surface area (TPSA) is 64.9 Å². The van der Waals surface area contributed by atoms with Gasteiger partial charge in [0.2, 0.25) is 11.7 Å². The van der Waals surface area contributed by atoms with E-state index >= 15 is 0 Å². The van der Waals surface area contributed by atoms with E-state index in [9.17, 15) is 0 Å². The average molecular weight is 266 g/mol. The van der Waals surface area contributed by atoms with Gasteiger partial charge in [0, 0.05) is 16.5 Å². The Bertz CT molecular complexity index is 495. The van der Waals surface area contributed by atoms with Gasteiger partial charge < -0.3 is 10.3 Å². The molecule has 1 heterocycles. The fourth-order valence-corrected chi connectivity index (χ4v) is 1.83. The maximum atomic E-state index is 5.84. The first-order chi connectivity index (χ1) is 8.70. The van der Waals surface area contributed by atoms with Gasteiger partial charge in [0.25, 0.3) is 0 Å². The predicted octanol–water partition coefficient (Wildman–Crippen LogP) is 3.23. The monoisotopic (exact) mass is 265 g/mol. The molecule has 5 heteroatoms. The van der Waals surface area contributed by atoms with Gasteiger partial charge in [-0.25, -0.2) is 0 Å². The number of halogens is 1. The molecule has 2 rings (SSSR count). The Labute approximate surface area is 111 Å². The zero-order valence-electron chi connectivity index (χ0n) is 10.3. The van der Waals surface area contributed by atoms with Crippen LogP contribution in [0.25, 0.3) is 11.4 Å². The number of rotatable bonds is 5. The van der Waals surface area contributed by atoms with Crippen molar-refractivity contribution in [3.05, 3.63) is 35.2 Å². The van der Waals surface area contributed by atoms with E-state index < -0.39 is 0 Å². The summed E-state index contributed by atoms with van der Waals surface area (Å²) in [5.74, 6) is 1.50. The molecule has 1 atom stereocenters. The number of nitrogens with two attached hydrogens (primary N) is 1. The molecule has 1 unspecified atom stereocenters. The minimum atomic E-state index is 0.238. The molecule has 1 aromatic heterocycles. The van der Waals surface area contributed by atoms with Crippen molar-refractivity contribution in [2.45, 2.75) is 25.7 Å². The zero-order chi connectivity index (χ0) is 13.0. The molecule has 0 saturated carbocycles. The van der Waals surface area contributed by atoms with Gasteiger partial charge in [-0.3, -0.25) is 0 Å². The van der Waals surface area contributed by atoms with Crippen molar-refractivity contribution in [1.29, 1.82) is 0 Å². The van der Waals surface area contributed by atoms with Crippen molar-refractivity contribution in [1.82, 2.24) is 10.1 Å². The van der Waals surface area contributed by atoms with E-state index in [1.807, 2.05) is 24.3 Å². The minimum Gasteiger partial charge on any atom is -0.339 e. The van der Waals surface area contributed by atoms with Crippen molar-refractivity contribution in [3.63, 3.8) is 0 Å². The Kier molecular flexibility index (Phi) is 4.33. The summed E-state index contributed by atoms with van der Waals surface area (Å²) in [5, 5.41) is 4.68. The molecule has 0 spiro atoms. The normalized spacial score (nSPS) is 12.6. The van der Waals surface area contributed by atoms with E-state index in [1.165, 1.54) is 0 Å². The zero-order valence-corrected chi connectivity index (χ0v) is 11.0. The molecule has 0 amide bonds. The van der Waals surface area contributed by atoms with Gasteiger partial charge in [0.05, 0.1) is 0 Å². The minimum absolute atomic E-state index is 0.238. The highest BCUT2D eigenvalue weighted by molar-refractivity contribution is 6.30. The Morgan fingerprint density at radius 2 is 2.06 bits per heavy atom. The first kappa shape index (κ1) is 13.1. The second-order valence-corrected chi connectivity index (χ2v) is 4.73. The van der Waals surface area contributed by atoms with Gasteiger partial charge in [-0.15, -0.1) is 0 Å². The average Bonchev–Trinajstić information content (AvgIpc) is 2.86. The Morgan fingerprint density at radius 3 is 2.72 bits per heavy atom. The smallest absolute Gasteiger partial charge is 0.229 e. The van der Waals surface area contributed by atoms with E-state index in [1.54, 1.807) is 0 Å². The summed E-state index contributed by atoms with van der Waals surface area (Å²) in [7, 11) is 0. The molecular weight excluding hydrogens is 250 g/mol. The molecule has 0 bridgehead atoms. The summed E-state index contributed by atoms with van der Waals surface area (Å²) in [6.07, 6.45) is 1.92. The van der Waals surface area contributed by atoms with Crippen LogP contribution >= 0.6 is 11.6 Å². The Hall–Kier alpha value is -1.39. The van der Waals surface area contributed by atoms with Crippen molar-refractivity contribution in [2.24, 2.45) is 5.73 Å². The molecular formula is C13H16ClN3O. The molecule has 2 aromatic rings. The van der Waals surface area contributed by atoms with Crippen molar-refractivity contribution in [2.75, 3.05) is 6.54 Å². The largest absolute Gasteiger partial charge is 0.339 e. The molecule has 0 aliphatic rings. The van der Waals surface area contributed by atoms with Crippen molar-refractivity contribution < 1.29 is 4.52 Å². The lowest BCUT2D eigenvalue weighted by molar-refractivity contribution is 0.352. The summed E-state index contributed by atoms with van der Waals surface area (Å²) in [6, 6.07) is 7.37. The van der Waals surface area contributed by atoms with Crippen LogP contribution < -0.4 is 5.73 Å². The predicted molar refractivity (Wildman–Crippen MR) is 71.4 cm³/mol. The fraction of sp³-hybridized carbons (Fsp3) is 0.385. The van der Waals surface area contributed by atoms with Crippen LogP contribution in [0.15, 0.2) is 28.8 Å². The van der Waals surface area contributed by atoms with Gasteiger partial charge in [-0.2, -0.15) is 4.98 Å². The van der Waals surface area contributed by atoms with Crippen LogP contribution in [0.3, 0.4) is 0 Å². The molecule has 0 saturated heterocycles. The lowest BCUT2D eigenvalue weighted by atomic mass is 10.1. The fourth-order valence-electron chi connectivity index (χ4n) is 1.70. The second kappa shape index (κ2) is 5.98. The molecule has 1 aromatic carbocycles. The van der Waals surface area contributed by atoms with E-state index in [0.29, 0.717) is 23.3 Å². The summed E-state index contributed by atoms with van der Waals surface area (Å²) >= 11 is 5.84. The van der Waals surface area contributed by atoms with Crippen LogP contribution in [0.1, 0.15) is 31.6 Å². The molecule has 0 fully saturated rings. The summed E-state index contributed by atoms with van der Waals surface area (Å²) in [5.41, 5.74) is 6.39. The highest BCUT2D eigenvalue weighted by atomic mass is 35.5. The number of hydrogen-bond acceptors (Lipinski definition) is 4. The van der Waals surface area contributed by atoms with Crippen LogP contribution in [0.5, 0.6) is 0 Å². The molecule has 18 heavy (non-hydrogen) atoms. The quantitative estimate of drug-likeness (QED) is 0.901. The van der Waals surface area contributed by atoms with Crippen LogP contribution in [-0.2, 0) is 0 Å². The first-order valence-electron chi connectivity index (χ1n) is 6.00. The van der Waals surface area contributed by atoms with Gasteiger partial charge in [-0.05, 0) is 43.7 Å².